The number of benzene rings is 2. The zero-order chi connectivity index (χ0) is 16.0. The number of fused-ring (bicyclic) bond motifs is 1. The van der Waals surface area contributed by atoms with Crippen LogP contribution in [0, 0.1) is 11.5 Å². The molecule has 0 fully saturated rings. The fraction of sp³-hybridized carbons (Fsp3) is 0.300. The van der Waals surface area contributed by atoms with Crippen molar-refractivity contribution in [2.24, 2.45) is 0 Å². The van der Waals surface area contributed by atoms with Crippen LogP contribution < -0.4 is 5.32 Å². The number of rotatable bonds is 4. The van der Waals surface area contributed by atoms with Crippen LogP contribution >= 0.6 is 0 Å². The summed E-state index contributed by atoms with van der Waals surface area (Å²) in [6.07, 6.45) is 4.08. The van der Waals surface area contributed by atoms with Crippen molar-refractivity contribution < 1.29 is 0 Å². The first-order chi connectivity index (χ1) is 10.5. The average molecular weight is 308 g/mol. The van der Waals surface area contributed by atoms with Crippen molar-refractivity contribution in [2.75, 3.05) is 6.54 Å². The van der Waals surface area contributed by atoms with Crippen LogP contribution in [-0.2, 0) is 0 Å². The molecule has 2 aromatic carbocycles. The first-order valence-corrected chi connectivity index (χ1v) is 11.4. The molecule has 0 aromatic heterocycles. The molecule has 114 valence electrons. The SMILES string of the molecule is C[C@@H](NC/C=C\C#C[Si](C)(C)C)c1cccc2ccccc12. The standard InChI is InChI=1S/C20H25NSi/c1-17(21-15-8-5-9-16-22(2,3)4)19-14-10-12-18-11-6-7-13-20(18)19/h5-8,10-14,17,21H,15H2,1-4H3/b8-5-/t17-/m1/s1. The lowest BCUT2D eigenvalue weighted by Gasteiger charge is -2.15. The van der Waals surface area contributed by atoms with E-state index in [2.05, 4.69) is 91.9 Å². The molecule has 1 atom stereocenters. The molecule has 0 bridgehead atoms. The van der Waals surface area contributed by atoms with Gasteiger partial charge in [0.1, 0.15) is 8.07 Å². The fourth-order valence-electron chi connectivity index (χ4n) is 2.36. The lowest BCUT2D eigenvalue weighted by Crippen LogP contribution is -2.18. The molecule has 0 radical (unpaired) electrons. The van der Waals surface area contributed by atoms with Gasteiger partial charge in [-0.05, 0) is 29.3 Å². The van der Waals surface area contributed by atoms with Gasteiger partial charge in [-0.2, -0.15) is 0 Å². The molecule has 1 nitrogen and oxygen atoms in total. The van der Waals surface area contributed by atoms with Crippen LogP contribution in [0.5, 0.6) is 0 Å². The van der Waals surface area contributed by atoms with Gasteiger partial charge in [-0.25, -0.2) is 0 Å². The molecule has 1 N–H and O–H groups in total. The minimum atomic E-state index is -1.26. The van der Waals surface area contributed by atoms with Crippen molar-refractivity contribution in [3.63, 3.8) is 0 Å². The maximum atomic E-state index is 3.55. The highest BCUT2D eigenvalue weighted by molar-refractivity contribution is 6.83. The van der Waals surface area contributed by atoms with Crippen LogP contribution in [0.15, 0.2) is 54.6 Å². The minimum Gasteiger partial charge on any atom is -0.307 e. The predicted molar refractivity (Wildman–Crippen MR) is 101 cm³/mol. The van der Waals surface area contributed by atoms with Crippen LogP contribution in [-0.4, -0.2) is 14.6 Å². The van der Waals surface area contributed by atoms with E-state index < -0.39 is 8.07 Å². The van der Waals surface area contributed by atoms with Gasteiger partial charge in [0.25, 0.3) is 0 Å². The maximum absolute atomic E-state index is 3.55. The smallest absolute Gasteiger partial charge is 0.129 e. The van der Waals surface area contributed by atoms with Crippen molar-refractivity contribution >= 4 is 18.8 Å². The Morgan fingerprint density at radius 1 is 1.09 bits per heavy atom. The highest BCUT2D eigenvalue weighted by atomic mass is 28.3. The van der Waals surface area contributed by atoms with Gasteiger partial charge in [0, 0.05) is 12.6 Å². The number of nitrogens with one attached hydrogen (secondary N) is 1. The average Bonchev–Trinajstić information content (AvgIpc) is 2.49. The van der Waals surface area contributed by atoms with Gasteiger partial charge in [-0.3, -0.25) is 0 Å². The Bertz CT molecular complexity index is 708. The van der Waals surface area contributed by atoms with Crippen LogP contribution in [0.3, 0.4) is 0 Å². The Labute approximate surface area is 135 Å². The third-order valence-corrected chi connectivity index (χ3v) is 4.37. The van der Waals surface area contributed by atoms with Gasteiger partial charge in [-0.1, -0.05) is 74.1 Å². The Morgan fingerprint density at radius 3 is 2.59 bits per heavy atom. The van der Waals surface area contributed by atoms with Crippen molar-refractivity contribution in [3.05, 3.63) is 60.2 Å². The van der Waals surface area contributed by atoms with E-state index in [1.807, 2.05) is 6.08 Å². The monoisotopic (exact) mass is 307 g/mol. The van der Waals surface area contributed by atoms with E-state index in [9.17, 15) is 0 Å². The Hall–Kier alpha value is -1.82. The summed E-state index contributed by atoms with van der Waals surface area (Å²) in [7, 11) is -1.26. The largest absolute Gasteiger partial charge is 0.307 e. The zero-order valence-electron chi connectivity index (χ0n) is 14.0. The van der Waals surface area contributed by atoms with E-state index in [0.717, 1.165) is 6.54 Å². The Morgan fingerprint density at radius 2 is 1.82 bits per heavy atom. The van der Waals surface area contributed by atoms with E-state index in [4.69, 9.17) is 0 Å². The number of hydrogen-bond donors (Lipinski definition) is 1. The normalized spacial score (nSPS) is 13.1. The van der Waals surface area contributed by atoms with Gasteiger partial charge >= 0.3 is 0 Å². The van der Waals surface area contributed by atoms with Crippen molar-refractivity contribution in [2.45, 2.75) is 32.6 Å². The maximum Gasteiger partial charge on any atom is 0.129 e. The molecule has 0 amide bonds. The Balaban J connectivity index is 1.98. The van der Waals surface area contributed by atoms with Crippen molar-refractivity contribution in [1.29, 1.82) is 0 Å². The molecule has 0 unspecified atom stereocenters. The molecule has 0 aliphatic heterocycles. The lowest BCUT2D eigenvalue weighted by atomic mass is 10.00. The summed E-state index contributed by atoms with van der Waals surface area (Å²) >= 11 is 0. The molecule has 22 heavy (non-hydrogen) atoms. The summed E-state index contributed by atoms with van der Waals surface area (Å²) < 4.78 is 0. The van der Waals surface area contributed by atoms with Crippen LogP contribution in [0.1, 0.15) is 18.5 Å². The summed E-state index contributed by atoms with van der Waals surface area (Å²) in [5.74, 6) is 3.16. The molecular weight excluding hydrogens is 282 g/mol. The summed E-state index contributed by atoms with van der Waals surface area (Å²) in [5.41, 5.74) is 4.69. The van der Waals surface area contributed by atoms with Gasteiger partial charge in [0.2, 0.25) is 0 Å². The molecule has 0 heterocycles. The quantitative estimate of drug-likeness (QED) is 0.624. The minimum absolute atomic E-state index is 0.320. The third-order valence-electron chi connectivity index (χ3n) is 3.48. The topological polar surface area (TPSA) is 12.0 Å². The Kier molecular flexibility index (Phi) is 5.60. The van der Waals surface area contributed by atoms with Crippen LogP contribution in [0.2, 0.25) is 19.6 Å². The first kappa shape index (κ1) is 16.5. The van der Waals surface area contributed by atoms with Crippen LogP contribution in [0.4, 0.5) is 0 Å². The first-order valence-electron chi connectivity index (χ1n) is 7.86. The van der Waals surface area contributed by atoms with Gasteiger partial charge < -0.3 is 5.32 Å². The lowest BCUT2D eigenvalue weighted by molar-refractivity contribution is 0.621. The van der Waals surface area contributed by atoms with E-state index in [1.165, 1.54) is 16.3 Å². The molecular formula is C20H25NSi. The fourth-order valence-corrected chi connectivity index (χ4v) is 2.88. The third kappa shape index (κ3) is 4.87. The summed E-state index contributed by atoms with van der Waals surface area (Å²) in [5, 5.41) is 6.17. The van der Waals surface area contributed by atoms with Gasteiger partial charge in [0.15, 0.2) is 0 Å². The van der Waals surface area contributed by atoms with Crippen LogP contribution in [0.25, 0.3) is 10.8 Å². The van der Waals surface area contributed by atoms with E-state index in [0.29, 0.717) is 6.04 Å². The molecule has 0 aliphatic rings. The van der Waals surface area contributed by atoms with E-state index >= 15 is 0 Å². The van der Waals surface area contributed by atoms with Crippen molar-refractivity contribution in [1.82, 2.24) is 5.32 Å². The highest BCUT2D eigenvalue weighted by Crippen LogP contribution is 2.23. The molecule has 2 aromatic rings. The molecule has 0 saturated carbocycles. The second kappa shape index (κ2) is 7.44. The van der Waals surface area contributed by atoms with Gasteiger partial charge in [-0.15, -0.1) is 5.54 Å². The highest BCUT2D eigenvalue weighted by Gasteiger charge is 2.07. The summed E-state index contributed by atoms with van der Waals surface area (Å²) in [6, 6.07) is 15.4. The molecule has 0 aliphatic carbocycles. The molecule has 2 heteroatoms. The number of hydrogen-bond acceptors (Lipinski definition) is 1. The predicted octanol–water partition coefficient (Wildman–Crippen LogP) is 4.93. The van der Waals surface area contributed by atoms with E-state index in [1.54, 1.807) is 0 Å². The second-order valence-corrected chi connectivity index (χ2v) is 11.4. The number of allylic oxidation sites excluding steroid dienone is 1. The van der Waals surface area contributed by atoms with Gasteiger partial charge in [0.05, 0.1) is 0 Å². The van der Waals surface area contributed by atoms with Crippen molar-refractivity contribution in [3.8, 4) is 11.5 Å². The molecule has 0 saturated heterocycles. The second-order valence-electron chi connectivity index (χ2n) is 6.62. The molecule has 0 spiro atoms. The summed E-state index contributed by atoms with van der Waals surface area (Å²) in [4.78, 5) is 0. The van der Waals surface area contributed by atoms with E-state index in [-0.39, 0.29) is 0 Å². The molecule has 2 rings (SSSR count). The zero-order valence-corrected chi connectivity index (χ0v) is 15.0. The summed E-state index contributed by atoms with van der Waals surface area (Å²) in [6.45, 7) is 9.83.